The van der Waals surface area contributed by atoms with Gasteiger partial charge in [-0.3, -0.25) is 0 Å². The highest BCUT2D eigenvalue weighted by Gasteiger charge is 2.12. The molecule has 0 N–H and O–H groups in total. The van der Waals surface area contributed by atoms with Crippen molar-refractivity contribution in [3.05, 3.63) is 40.7 Å². The molecular weight excluding hydrogens is 224 g/mol. The van der Waals surface area contributed by atoms with Crippen LogP contribution in [0.25, 0.3) is 5.69 Å². The quantitative estimate of drug-likeness (QED) is 0.801. The van der Waals surface area contributed by atoms with E-state index in [1.807, 2.05) is 38.2 Å². The second kappa shape index (κ2) is 4.18. The van der Waals surface area contributed by atoms with Crippen molar-refractivity contribution < 1.29 is 4.74 Å². The van der Waals surface area contributed by atoms with E-state index in [1.165, 1.54) is 0 Å². The zero-order valence-electron chi connectivity index (χ0n) is 9.49. The molecule has 0 aliphatic carbocycles. The summed E-state index contributed by atoms with van der Waals surface area (Å²) in [5.41, 5.74) is 2.89. The number of hydrogen-bond donors (Lipinski definition) is 0. The molecule has 0 spiro atoms. The topological polar surface area (TPSA) is 27.1 Å². The minimum atomic E-state index is 0.589. The summed E-state index contributed by atoms with van der Waals surface area (Å²) < 4.78 is 6.97. The van der Waals surface area contributed by atoms with E-state index in [4.69, 9.17) is 16.3 Å². The van der Waals surface area contributed by atoms with E-state index in [-0.39, 0.29) is 0 Å². The second-order valence-corrected chi connectivity index (χ2v) is 4.03. The van der Waals surface area contributed by atoms with E-state index in [9.17, 15) is 0 Å². The Kier molecular flexibility index (Phi) is 2.88. The first-order chi connectivity index (χ1) is 7.63. The molecule has 0 fully saturated rings. The maximum absolute atomic E-state index is 6.27. The maximum atomic E-state index is 6.27. The van der Waals surface area contributed by atoms with Crippen molar-refractivity contribution >= 4 is 11.6 Å². The largest absolute Gasteiger partial charge is 0.495 e. The minimum absolute atomic E-state index is 0.589. The number of benzene rings is 1. The standard InChI is InChI=1S/C12H13ClN2O/c1-8-4-5-10(16-3)11(13)12(8)15-7-6-9(2)14-15/h4-7H,1-3H3. The number of ether oxygens (including phenoxy) is 1. The molecule has 0 saturated carbocycles. The summed E-state index contributed by atoms with van der Waals surface area (Å²) in [6.07, 6.45) is 1.89. The van der Waals surface area contributed by atoms with Crippen LogP contribution in [0.2, 0.25) is 5.02 Å². The lowest BCUT2D eigenvalue weighted by Gasteiger charge is -2.11. The van der Waals surface area contributed by atoms with Gasteiger partial charge in [0, 0.05) is 6.20 Å². The Bertz CT molecular complexity index is 520. The highest BCUT2D eigenvalue weighted by molar-refractivity contribution is 6.34. The number of rotatable bonds is 2. The molecule has 2 rings (SSSR count). The Hall–Kier alpha value is -1.48. The lowest BCUT2D eigenvalue weighted by atomic mass is 10.2. The Morgan fingerprint density at radius 2 is 2.00 bits per heavy atom. The minimum Gasteiger partial charge on any atom is -0.495 e. The predicted molar refractivity (Wildman–Crippen MR) is 64.6 cm³/mol. The van der Waals surface area contributed by atoms with E-state index in [0.29, 0.717) is 10.8 Å². The first kappa shape index (κ1) is 11.0. The molecule has 84 valence electrons. The molecule has 0 radical (unpaired) electrons. The molecule has 2 aromatic rings. The third kappa shape index (κ3) is 1.78. The molecule has 0 bridgehead atoms. The summed E-state index contributed by atoms with van der Waals surface area (Å²) in [6.45, 7) is 3.94. The Morgan fingerprint density at radius 1 is 1.25 bits per heavy atom. The third-order valence-electron chi connectivity index (χ3n) is 2.45. The fourth-order valence-corrected chi connectivity index (χ4v) is 2.00. The normalized spacial score (nSPS) is 10.5. The molecule has 0 aliphatic rings. The van der Waals surface area contributed by atoms with Crippen LogP contribution >= 0.6 is 11.6 Å². The van der Waals surface area contributed by atoms with Crippen molar-refractivity contribution in [3.63, 3.8) is 0 Å². The van der Waals surface area contributed by atoms with Gasteiger partial charge >= 0.3 is 0 Å². The van der Waals surface area contributed by atoms with Crippen LogP contribution in [0.3, 0.4) is 0 Å². The molecule has 4 heteroatoms. The highest BCUT2D eigenvalue weighted by atomic mass is 35.5. The van der Waals surface area contributed by atoms with Gasteiger partial charge in [0.05, 0.1) is 18.5 Å². The van der Waals surface area contributed by atoms with Crippen molar-refractivity contribution in [1.29, 1.82) is 0 Å². The summed E-state index contributed by atoms with van der Waals surface area (Å²) in [5.74, 6) is 0.662. The van der Waals surface area contributed by atoms with Gasteiger partial charge in [-0.15, -0.1) is 0 Å². The van der Waals surface area contributed by atoms with Crippen molar-refractivity contribution in [3.8, 4) is 11.4 Å². The van der Waals surface area contributed by atoms with Gasteiger partial charge in [0.1, 0.15) is 10.8 Å². The van der Waals surface area contributed by atoms with Gasteiger partial charge in [-0.1, -0.05) is 17.7 Å². The second-order valence-electron chi connectivity index (χ2n) is 3.65. The molecule has 0 unspecified atom stereocenters. The zero-order valence-corrected chi connectivity index (χ0v) is 10.2. The molecule has 0 amide bonds. The summed E-state index contributed by atoms with van der Waals surface area (Å²) in [5, 5.41) is 4.94. The predicted octanol–water partition coefficient (Wildman–Crippen LogP) is 3.15. The van der Waals surface area contributed by atoms with Crippen molar-refractivity contribution in [2.24, 2.45) is 0 Å². The fourth-order valence-electron chi connectivity index (χ4n) is 1.62. The van der Waals surface area contributed by atoms with Crippen molar-refractivity contribution in [1.82, 2.24) is 9.78 Å². The number of aromatic nitrogens is 2. The van der Waals surface area contributed by atoms with E-state index >= 15 is 0 Å². The smallest absolute Gasteiger partial charge is 0.139 e. The monoisotopic (exact) mass is 236 g/mol. The van der Waals surface area contributed by atoms with Gasteiger partial charge in [-0.25, -0.2) is 4.68 Å². The average Bonchev–Trinajstić information content (AvgIpc) is 2.65. The van der Waals surface area contributed by atoms with Crippen LogP contribution in [0.5, 0.6) is 5.75 Å². The third-order valence-corrected chi connectivity index (χ3v) is 2.82. The average molecular weight is 237 g/mol. The number of nitrogens with zero attached hydrogens (tertiary/aromatic N) is 2. The van der Waals surface area contributed by atoms with E-state index in [1.54, 1.807) is 11.8 Å². The summed E-state index contributed by atoms with van der Waals surface area (Å²) in [4.78, 5) is 0. The lowest BCUT2D eigenvalue weighted by molar-refractivity contribution is 0.414. The highest BCUT2D eigenvalue weighted by Crippen LogP contribution is 2.32. The van der Waals surface area contributed by atoms with E-state index in [0.717, 1.165) is 16.9 Å². The van der Waals surface area contributed by atoms with Gasteiger partial charge in [-0.2, -0.15) is 5.10 Å². The van der Waals surface area contributed by atoms with Gasteiger partial charge in [0.25, 0.3) is 0 Å². The lowest BCUT2D eigenvalue weighted by Crippen LogP contribution is -2.00. The maximum Gasteiger partial charge on any atom is 0.139 e. The molecule has 0 atom stereocenters. The van der Waals surface area contributed by atoms with Gasteiger partial charge in [-0.05, 0) is 31.5 Å². The number of aryl methyl sites for hydroxylation is 2. The molecular formula is C12H13ClN2O. The first-order valence-corrected chi connectivity index (χ1v) is 5.37. The van der Waals surface area contributed by atoms with Crippen molar-refractivity contribution in [2.75, 3.05) is 7.11 Å². The first-order valence-electron chi connectivity index (χ1n) is 4.99. The van der Waals surface area contributed by atoms with Crippen LogP contribution in [-0.4, -0.2) is 16.9 Å². The number of methoxy groups -OCH3 is 1. The van der Waals surface area contributed by atoms with E-state index in [2.05, 4.69) is 5.10 Å². The number of halogens is 1. The Morgan fingerprint density at radius 3 is 2.56 bits per heavy atom. The Balaban J connectivity index is 2.63. The van der Waals surface area contributed by atoms with Crippen LogP contribution in [0.1, 0.15) is 11.3 Å². The fraction of sp³-hybridized carbons (Fsp3) is 0.250. The number of hydrogen-bond acceptors (Lipinski definition) is 2. The van der Waals surface area contributed by atoms with Crippen LogP contribution in [0.4, 0.5) is 0 Å². The van der Waals surface area contributed by atoms with Crippen LogP contribution in [0.15, 0.2) is 24.4 Å². The van der Waals surface area contributed by atoms with Gasteiger partial charge in [0.15, 0.2) is 0 Å². The molecule has 1 heterocycles. The van der Waals surface area contributed by atoms with E-state index < -0.39 is 0 Å². The summed E-state index contributed by atoms with van der Waals surface area (Å²) in [7, 11) is 1.61. The zero-order chi connectivity index (χ0) is 11.7. The SMILES string of the molecule is COc1ccc(C)c(-n2ccc(C)n2)c1Cl. The molecule has 1 aromatic carbocycles. The molecule has 1 aromatic heterocycles. The van der Waals surface area contributed by atoms with Crippen LogP contribution in [0, 0.1) is 13.8 Å². The van der Waals surface area contributed by atoms with Gasteiger partial charge < -0.3 is 4.74 Å². The van der Waals surface area contributed by atoms with Crippen LogP contribution in [-0.2, 0) is 0 Å². The summed E-state index contributed by atoms with van der Waals surface area (Å²) >= 11 is 6.27. The van der Waals surface area contributed by atoms with Crippen LogP contribution < -0.4 is 4.74 Å². The Labute approximate surface area is 99.6 Å². The molecule has 16 heavy (non-hydrogen) atoms. The molecule has 0 aliphatic heterocycles. The molecule has 3 nitrogen and oxygen atoms in total. The molecule has 0 saturated heterocycles. The van der Waals surface area contributed by atoms with Crippen molar-refractivity contribution in [2.45, 2.75) is 13.8 Å². The van der Waals surface area contributed by atoms with Gasteiger partial charge in [0.2, 0.25) is 0 Å². The summed E-state index contributed by atoms with van der Waals surface area (Å²) in [6, 6.07) is 5.77.